The van der Waals surface area contributed by atoms with Gasteiger partial charge in [-0.05, 0) is 13.3 Å². The lowest BCUT2D eigenvalue weighted by molar-refractivity contribution is -0.144. The Kier molecular flexibility index (Phi) is 6.70. The second-order valence-electron chi connectivity index (χ2n) is 2.44. The lowest BCUT2D eigenvalue weighted by atomic mass is 10.3. The molecule has 72 valence electrons. The predicted octanol–water partition coefficient (Wildman–Crippen LogP) is 0.823. The van der Waals surface area contributed by atoms with E-state index in [9.17, 15) is 4.79 Å². The minimum atomic E-state index is -0.137. The Morgan fingerprint density at radius 1 is 1.50 bits per heavy atom. The van der Waals surface area contributed by atoms with Crippen molar-refractivity contribution in [3.8, 4) is 0 Å². The molecule has 0 fully saturated rings. The lowest BCUT2D eigenvalue weighted by Crippen LogP contribution is -2.19. The number of ether oxygens (including phenoxy) is 1. The summed E-state index contributed by atoms with van der Waals surface area (Å²) in [6.45, 7) is 3.01. The van der Waals surface area contributed by atoms with Crippen LogP contribution in [0.25, 0.3) is 0 Å². The van der Waals surface area contributed by atoms with Crippen molar-refractivity contribution in [2.75, 3.05) is 27.3 Å². The highest BCUT2D eigenvalue weighted by Crippen LogP contribution is 1.95. The van der Waals surface area contributed by atoms with Gasteiger partial charge in [0.1, 0.15) is 0 Å². The predicted molar refractivity (Wildman–Crippen MR) is 45.5 cm³/mol. The van der Waals surface area contributed by atoms with Crippen molar-refractivity contribution in [1.82, 2.24) is 5.06 Å². The Morgan fingerprint density at radius 2 is 2.17 bits per heavy atom. The van der Waals surface area contributed by atoms with Crippen molar-refractivity contribution in [1.29, 1.82) is 0 Å². The summed E-state index contributed by atoms with van der Waals surface area (Å²) in [6.07, 6.45) is 1.23. The van der Waals surface area contributed by atoms with Crippen molar-refractivity contribution in [3.05, 3.63) is 0 Å². The van der Waals surface area contributed by atoms with Gasteiger partial charge in [-0.25, -0.2) is 0 Å². The number of carbonyl (C=O) groups excluding carboxylic acids is 1. The summed E-state index contributed by atoms with van der Waals surface area (Å²) in [5.74, 6) is -0.137. The van der Waals surface area contributed by atoms with E-state index < -0.39 is 0 Å². The molecule has 0 N–H and O–H groups in total. The number of carbonyl (C=O) groups is 1. The minimum Gasteiger partial charge on any atom is -0.466 e. The quantitative estimate of drug-likeness (QED) is 0.442. The first-order chi connectivity index (χ1) is 5.70. The van der Waals surface area contributed by atoms with Crippen molar-refractivity contribution >= 4 is 5.97 Å². The zero-order valence-corrected chi connectivity index (χ0v) is 8.00. The molecular formula is C8H17NO3. The minimum absolute atomic E-state index is 0.137. The third-order valence-electron chi connectivity index (χ3n) is 1.47. The molecule has 0 aliphatic heterocycles. The molecule has 0 saturated heterocycles. The molecule has 0 aromatic rings. The molecule has 0 aromatic heterocycles. The highest BCUT2D eigenvalue weighted by Gasteiger charge is 2.02. The zero-order valence-electron chi connectivity index (χ0n) is 8.00. The van der Waals surface area contributed by atoms with Crippen LogP contribution in [0.1, 0.15) is 19.8 Å². The zero-order chi connectivity index (χ0) is 9.40. The Balaban J connectivity index is 3.24. The third-order valence-corrected chi connectivity index (χ3v) is 1.47. The molecule has 12 heavy (non-hydrogen) atoms. The number of rotatable bonds is 6. The summed E-state index contributed by atoms with van der Waals surface area (Å²) in [6, 6.07) is 0. The van der Waals surface area contributed by atoms with Crippen LogP contribution in [-0.4, -0.2) is 38.3 Å². The third kappa shape index (κ3) is 6.12. The Morgan fingerprint density at radius 3 is 2.67 bits per heavy atom. The van der Waals surface area contributed by atoms with Gasteiger partial charge in [-0.15, -0.1) is 0 Å². The van der Waals surface area contributed by atoms with Crippen molar-refractivity contribution in [2.45, 2.75) is 19.8 Å². The number of esters is 1. The standard InChI is InChI=1S/C8H17NO3/c1-4-12-8(10)6-5-7-9(2)11-3/h4-7H2,1-3H3. The molecule has 0 saturated carbocycles. The van der Waals surface area contributed by atoms with Crippen LogP contribution in [-0.2, 0) is 14.4 Å². The monoisotopic (exact) mass is 175 g/mol. The summed E-state index contributed by atoms with van der Waals surface area (Å²) in [7, 11) is 3.43. The highest BCUT2D eigenvalue weighted by atomic mass is 16.7. The van der Waals surface area contributed by atoms with E-state index in [1.807, 2.05) is 7.05 Å². The summed E-state index contributed by atoms with van der Waals surface area (Å²) >= 11 is 0. The Labute approximate surface area is 73.4 Å². The van der Waals surface area contributed by atoms with Crippen LogP contribution in [0.4, 0.5) is 0 Å². The van der Waals surface area contributed by atoms with Crippen LogP contribution < -0.4 is 0 Å². The van der Waals surface area contributed by atoms with E-state index in [1.54, 1.807) is 19.1 Å². The second-order valence-corrected chi connectivity index (χ2v) is 2.44. The molecule has 0 aliphatic rings. The first-order valence-corrected chi connectivity index (χ1v) is 4.11. The van der Waals surface area contributed by atoms with Crippen LogP contribution in [0, 0.1) is 0 Å². The average Bonchev–Trinajstić information content (AvgIpc) is 2.04. The topological polar surface area (TPSA) is 38.8 Å². The van der Waals surface area contributed by atoms with Gasteiger partial charge in [-0.3, -0.25) is 4.79 Å². The molecular weight excluding hydrogens is 158 g/mol. The number of nitrogens with zero attached hydrogens (tertiary/aromatic N) is 1. The van der Waals surface area contributed by atoms with E-state index in [0.717, 1.165) is 13.0 Å². The van der Waals surface area contributed by atoms with Crippen LogP contribution in [0.15, 0.2) is 0 Å². The van der Waals surface area contributed by atoms with Gasteiger partial charge in [0.05, 0.1) is 13.7 Å². The van der Waals surface area contributed by atoms with Crippen molar-refractivity contribution in [2.24, 2.45) is 0 Å². The van der Waals surface area contributed by atoms with Gasteiger partial charge in [-0.2, -0.15) is 5.06 Å². The molecule has 4 heteroatoms. The van der Waals surface area contributed by atoms with Gasteiger partial charge < -0.3 is 9.57 Å². The summed E-state index contributed by atoms with van der Waals surface area (Å²) in [5.41, 5.74) is 0. The highest BCUT2D eigenvalue weighted by molar-refractivity contribution is 5.69. The molecule has 0 aromatic carbocycles. The summed E-state index contributed by atoms with van der Waals surface area (Å²) < 4.78 is 4.76. The van der Waals surface area contributed by atoms with E-state index in [0.29, 0.717) is 13.0 Å². The molecule has 0 radical (unpaired) electrons. The van der Waals surface area contributed by atoms with E-state index in [1.165, 1.54) is 0 Å². The van der Waals surface area contributed by atoms with Gasteiger partial charge >= 0.3 is 5.97 Å². The molecule has 0 amide bonds. The van der Waals surface area contributed by atoms with Crippen LogP contribution >= 0.6 is 0 Å². The first-order valence-electron chi connectivity index (χ1n) is 4.11. The summed E-state index contributed by atoms with van der Waals surface area (Å²) in [4.78, 5) is 15.7. The van der Waals surface area contributed by atoms with Gasteiger partial charge in [0.25, 0.3) is 0 Å². The number of hydroxylamine groups is 2. The molecule has 0 unspecified atom stereocenters. The fourth-order valence-corrected chi connectivity index (χ4v) is 0.771. The van der Waals surface area contributed by atoms with E-state index in [4.69, 9.17) is 9.57 Å². The van der Waals surface area contributed by atoms with E-state index >= 15 is 0 Å². The maximum absolute atomic E-state index is 10.8. The summed E-state index contributed by atoms with van der Waals surface area (Å²) in [5, 5.41) is 1.68. The fraction of sp³-hybridized carbons (Fsp3) is 0.875. The average molecular weight is 175 g/mol. The molecule has 0 spiro atoms. The Bertz CT molecular complexity index is 127. The van der Waals surface area contributed by atoms with Crippen molar-refractivity contribution in [3.63, 3.8) is 0 Å². The molecule has 0 aliphatic carbocycles. The lowest BCUT2D eigenvalue weighted by Gasteiger charge is -2.12. The second kappa shape index (κ2) is 7.06. The van der Waals surface area contributed by atoms with E-state index in [2.05, 4.69) is 0 Å². The van der Waals surface area contributed by atoms with Gasteiger partial charge in [0.15, 0.2) is 0 Å². The van der Waals surface area contributed by atoms with Crippen LogP contribution in [0.3, 0.4) is 0 Å². The number of hydrogen-bond acceptors (Lipinski definition) is 4. The largest absolute Gasteiger partial charge is 0.466 e. The normalized spacial score (nSPS) is 10.3. The van der Waals surface area contributed by atoms with Crippen LogP contribution in [0.5, 0.6) is 0 Å². The van der Waals surface area contributed by atoms with Gasteiger partial charge in [-0.1, -0.05) is 0 Å². The maximum Gasteiger partial charge on any atom is 0.305 e. The van der Waals surface area contributed by atoms with Gasteiger partial charge in [0, 0.05) is 20.0 Å². The molecule has 4 nitrogen and oxygen atoms in total. The fourth-order valence-electron chi connectivity index (χ4n) is 0.771. The molecule has 0 heterocycles. The van der Waals surface area contributed by atoms with Crippen LogP contribution in [0.2, 0.25) is 0 Å². The molecule has 0 bridgehead atoms. The van der Waals surface area contributed by atoms with E-state index in [-0.39, 0.29) is 5.97 Å². The SMILES string of the molecule is CCOC(=O)CCCN(C)OC. The van der Waals surface area contributed by atoms with Gasteiger partial charge in [0.2, 0.25) is 0 Å². The first kappa shape index (κ1) is 11.4. The smallest absolute Gasteiger partial charge is 0.305 e. The van der Waals surface area contributed by atoms with Crippen molar-refractivity contribution < 1.29 is 14.4 Å². The maximum atomic E-state index is 10.8. The molecule has 0 atom stereocenters. The molecule has 0 rings (SSSR count). The number of hydrogen-bond donors (Lipinski definition) is 0. The Hall–Kier alpha value is -0.610.